The Kier molecular flexibility index (Phi) is 5.09. The first kappa shape index (κ1) is 13.9. The van der Waals surface area contributed by atoms with Crippen LogP contribution in [0, 0.1) is 0 Å². The van der Waals surface area contributed by atoms with E-state index in [0.717, 1.165) is 10.0 Å². The van der Waals surface area contributed by atoms with E-state index >= 15 is 0 Å². The molecule has 1 unspecified atom stereocenters. The van der Waals surface area contributed by atoms with Crippen molar-refractivity contribution >= 4 is 15.9 Å². The van der Waals surface area contributed by atoms with Crippen molar-refractivity contribution in [2.75, 3.05) is 13.2 Å². The minimum Gasteiger partial charge on any atom is -0.366 e. The summed E-state index contributed by atoms with van der Waals surface area (Å²) in [6.07, 6.45) is -0.402. The first-order chi connectivity index (χ1) is 8.65. The SMILES string of the molecule is FC(F)COC(CNC1CC1)c1ccc(Br)cc1. The van der Waals surface area contributed by atoms with Crippen LogP contribution in [-0.2, 0) is 4.74 Å². The molecule has 18 heavy (non-hydrogen) atoms. The van der Waals surface area contributed by atoms with Crippen LogP contribution in [0.25, 0.3) is 0 Å². The maximum absolute atomic E-state index is 12.2. The standard InChI is InChI=1S/C13H16BrF2NO/c14-10-3-1-9(2-4-10)12(18-8-13(15)16)7-17-11-5-6-11/h1-4,11-13,17H,5-8H2. The molecule has 1 aromatic rings. The minimum atomic E-state index is -2.43. The number of hydrogen-bond acceptors (Lipinski definition) is 2. The largest absolute Gasteiger partial charge is 0.366 e. The molecule has 1 fully saturated rings. The Morgan fingerprint density at radius 3 is 2.50 bits per heavy atom. The van der Waals surface area contributed by atoms with Gasteiger partial charge in [0.15, 0.2) is 0 Å². The summed E-state index contributed by atoms with van der Waals surface area (Å²) >= 11 is 3.35. The summed E-state index contributed by atoms with van der Waals surface area (Å²) in [5.41, 5.74) is 0.923. The summed E-state index contributed by atoms with van der Waals surface area (Å²) < 4.78 is 30.7. The number of alkyl halides is 2. The highest BCUT2D eigenvalue weighted by atomic mass is 79.9. The molecule has 100 valence electrons. The van der Waals surface area contributed by atoms with Crippen molar-refractivity contribution in [1.29, 1.82) is 0 Å². The number of rotatable bonds is 7. The molecule has 0 aromatic heterocycles. The third-order valence-electron chi connectivity index (χ3n) is 2.83. The van der Waals surface area contributed by atoms with Crippen LogP contribution in [0.5, 0.6) is 0 Å². The summed E-state index contributed by atoms with van der Waals surface area (Å²) in [4.78, 5) is 0. The average molecular weight is 320 g/mol. The van der Waals surface area contributed by atoms with E-state index in [4.69, 9.17) is 4.74 Å². The molecule has 1 aliphatic rings. The quantitative estimate of drug-likeness (QED) is 0.830. The zero-order chi connectivity index (χ0) is 13.0. The molecular formula is C13H16BrF2NO. The van der Waals surface area contributed by atoms with Gasteiger partial charge in [0.25, 0.3) is 6.43 Å². The van der Waals surface area contributed by atoms with Crippen molar-refractivity contribution in [3.63, 3.8) is 0 Å². The molecule has 1 aliphatic carbocycles. The molecule has 0 radical (unpaired) electrons. The van der Waals surface area contributed by atoms with Crippen molar-refractivity contribution < 1.29 is 13.5 Å². The summed E-state index contributed by atoms with van der Waals surface area (Å²) in [6, 6.07) is 8.12. The predicted molar refractivity (Wildman–Crippen MR) is 69.9 cm³/mol. The molecule has 1 atom stereocenters. The van der Waals surface area contributed by atoms with Gasteiger partial charge < -0.3 is 10.1 Å². The number of ether oxygens (including phenoxy) is 1. The van der Waals surface area contributed by atoms with E-state index in [1.165, 1.54) is 12.8 Å². The zero-order valence-corrected chi connectivity index (χ0v) is 11.5. The monoisotopic (exact) mass is 319 g/mol. The third kappa shape index (κ3) is 4.63. The molecule has 0 amide bonds. The molecule has 1 aromatic carbocycles. The summed E-state index contributed by atoms with van der Waals surface area (Å²) in [5.74, 6) is 0. The van der Waals surface area contributed by atoms with Gasteiger partial charge in [-0.3, -0.25) is 0 Å². The van der Waals surface area contributed by atoms with Crippen LogP contribution < -0.4 is 5.32 Å². The Bertz CT molecular complexity index is 362. The molecular weight excluding hydrogens is 304 g/mol. The second-order valence-electron chi connectivity index (χ2n) is 4.45. The van der Waals surface area contributed by atoms with Crippen molar-refractivity contribution in [3.8, 4) is 0 Å². The Labute approximate surface area is 114 Å². The predicted octanol–water partition coefficient (Wildman–Crippen LogP) is 3.52. The molecule has 1 saturated carbocycles. The van der Waals surface area contributed by atoms with E-state index in [0.29, 0.717) is 12.6 Å². The average Bonchev–Trinajstić information content (AvgIpc) is 3.14. The Morgan fingerprint density at radius 1 is 1.28 bits per heavy atom. The maximum Gasteiger partial charge on any atom is 0.261 e. The fourth-order valence-electron chi connectivity index (χ4n) is 1.70. The van der Waals surface area contributed by atoms with Crippen LogP contribution in [0.3, 0.4) is 0 Å². The lowest BCUT2D eigenvalue weighted by Crippen LogP contribution is -2.26. The van der Waals surface area contributed by atoms with Crippen LogP contribution in [0.15, 0.2) is 28.7 Å². The van der Waals surface area contributed by atoms with Gasteiger partial charge in [-0.25, -0.2) is 8.78 Å². The molecule has 0 saturated heterocycles. The van der Waals surface area contributed by atoms with Crippen molar-refractivity contribution in [2.45, 2.75) is 31.4 Å². The van der Waals surface area contributed by atoms with Gasteiger partial charge in [0.2, 0.25) is 0 Å². The number of benzene rings is 1. The van der Waals surface area contributed by atoms with E-state index in [9.17, 15) is 8.78 Å². The van der Waals surface area contributed by atoms with E-state index in [-0.39, 0.29) is 6.10 Å². The van der Waals surface area contributed by atoms with Gasteiger partial charge >= 0.3 is 0 Å². The van der Waals surface area contributed by atoms with Crippen molar-refractivity contribution in [3.05, 3.63) is 34.3 Å². The first-order valence-corrected chi connectivity index (χ1v) is 6.83. The molecule has 1 N–H and O–H groups in total. The highest BCUT2D eigenvalue weighted by Crippen LogP contribution is 2.23. The normalized spacial score (nSPS) is 17.1. The van der Waals surface area contributed by atoms with E-state index in [1.54, 1.807) is 0 Å². The molecule has 0 heterocycles. The molecule has 2 nitrogen and oxygen atoms in total. The highest BCUT2D eigenvalue weighted by Gasteiger charge is 2.23. The smallest absolute Gasteiger partial charge is 0.261 e. The van der Waals surface area contributed by atoms with Gasteiger partial charge in [0.05, 0.1) is 6.10 Å². The maximum atomic E-state index is 12.2. The third-order valence-corrected chi connectivity index (χ3v) is 3.36. The van der Waals surface area contributed by atoms with Gasteiger partial charge in [-0.1, -0.05) is 28.1 Å². The van der Waals surface area contributed by atoms with E-state index in [1.807, 2.05) is 24.3 Å². The Balaban J connectivity index is 1.94. The number of halogens is 3. The lowest BCUT2D eigenvalue weighted by Gasteiger charge is -2.19. The van der Waals surface area contributed by atoms with Crippen LogP contribution >= 0.6 is 15.9 Å². The fourth-order valence-corrected chi connectivity index (χ4v) is 1.96. The van der Waals surface area contributed by atoms with E-state index in [2.05, 4.69) is 21.2 Å². The second-order valence-corrected chi connectivity index (χ2v) is 5.36. The summed E-state index contributed by atoms with van der Waals surface area (Å²) in [7, 11) is 0. The highest BCUT2D eigenvalue weighted by molar-refractivity contribution is 9.10. The van der Waals surface area contributed by atoms with Crippen LogP contribution in [0.2, 0.25) is 0 Å². The Morgan fingerprint density at radius 2 is 1.94 bits per heavy atom. The van der Waals surface area contributed by atoms with Gasteiger partial charge in [-0.15, -0.1) is 0 Å². The molecule has 5 heteroatoms. The van der Waals surface area contributed by atoms with Gasteiger partial charge in [0, 0.05) is 17.1 Å². The van der Waals surface area contributed by atoms with Gasteiger partial charge in [0.1, 0.15) is 6.61 Å². The Hall–Kier alpha value is -0.520. The topological polar surface area (TPSA) is 21.3 Å². The molecule has 2 rings (SSSR count). The van der Waals surface area contributed by atoms with Crippen LogP contribution in [-0.4, -0.2) is 25.6 Å². The summed E-state index contributed by atoms with van der Waals surface area (Å²) in [5, 5.41) is 3.31. The lowest BCUT2D eigenvalue weighted by molar-refractivity contribution is -0.0247. The number of nitrogens with one attached hydrogen (secondary N) is 1. The zero-order valence-electron chi connectivity index (χ0n) is 9.91. The molecule has 0 aliphatic heterocycles. The fraction of sp³-hybridized carbons (Fsp3) is 0.538. The van der Waals surface area contributed by atoms with Gasteiger partial charge in [-0.05, 0) is 30.5 Å². The molecule has 0 bridgehead atoms. The first-order valence-electron chi connectivity index (χ1n) is 6.04. The summed E-state index contributed by atoms with van der Waals surface area (Å²) in [6.45, 7) is 0.0616. The number of hydrogen-bond donors (Lipinski definition) is 1. The lowest BCUT2D eigenvalue weighted by atomic mass is 10.1. The van der Waals surface area contributed by atoms with Crippen molar-refractivity contribution in [1.82, 2.24) is 5.32 Å². The second kappa shape index (κ2) is 6.59. The minimum absolute atomic E-state index is 0.312. The molecule has 0 spiro atoms. The van der Waals surface area contributed by atoms with Crippen LogP contribution in [0.1, 0.15) is 24.5 Å². The van der Waals surface area contributed by atoms with Crippen LogP contribution in [0.4, 0.5) is 8.78 Å². The van der Waals surface area contributed by atoms with Crippen molar-refractivity contribution in [2.24, 2.45) is 0 Å². The van der Waals surface area contributed by atoms with E-state index < -0.39 is 13.0 Å². The van der Waals surface area contributed by atoms with Gasteiger partial charge in [-0.2, -0.15) is 0 Å².